The van der Waals surface area contributed by atoms with Gasteiger partial charge < -0.3 is 4.57 Å². The molecule has 2 aromatic rings. The molecule has 0 atom stereocenters. The summed E-state index contributed by atoms with van der Waals surface area (Å²) in [4.78, 5) is 4.22. The Labute approximate surface area is 71.2 Å². The van der Waals surface area contributed by atoms with Crippen LogP contribution in [-0.2, 0) is 7.05 Å². The third-order valence-corrected chi connectivity index (χ3v) is 1.99. The second-order valence-electron chi connectivity index (χ2n) is 2.81. The first kappa shape index (κ1) is 7.10. The van der Waals surface area contributed by atoms with Crippen molar-refractivity contribution in [1.29, 1.82) is 0 Å². The quantitative estimate of drug-likeness (QED) is 0.622. The topological polar surface area (TPSA) is 17.8 Å². The average Bonchev–Trinajstić information content (AvgIpc) is 2.47. The molecule has 1 aromatic heterocycles. The summed E-state index contributed by atoms with van der Waals surface area (Å²) in [6.45, 7) is 3.72. The Balaban J connectivity index is 2.79. The minimum Gasteiger partial charge on any atom is -0.334 e. The van der Waals surface area contributed by atoms with Crippen LogP contribution in [0.3, 0.4) is 0 Å². The largest absolute Gasteiger partial charge is 0.334 e. The van der Waals surface area contributed by atoms with Crippen molar-refractivity contribution < 1.29 is 0 Å². The van der Waals surface area contributed by atoms with Gasteiger partial charge in [-0.3, -0.25) is 0 Å². The Morgan fingerprint density at radius 3 is 3.08 bits per heavy atom. The van der Waals surface area contributed by atoms with Gasteiger partial charge in [-0.1, -0.05) is 18.7 Å². The van der Waals surface area contributed by atoms with Crippen LogP contribution in [0.1, 0.15) is 5.56 Å². The molecule has 0 fully saturated rings. The standard InChI is InChI=1S/C10H10N2/c1-3-8-4-5-9-10(6-8)12(2)7-11-9/h3-7H,1H2,2H3. The second kappa shape index (κ2) is 2.48. The molecule has 12 heavy (non-hydrogen) atoms. The Kier molecular flexibility index (Phi) is 1.47. The molecule has 0 aliphatic carbocycles. The Bertz CT molecular complexity index is 426. The number of imidazole rings is 1. The lowest BCUT2D eigenvalue weighted by atomic mass is 10.2. The summed E-state index contributed by atoms with van der Waals surface area (Å²) in [5.41, 5.74) is 3.31. The number of hydrogen-bond acceptors (Lipinski definition) is 1. The highest BCUT2D eigenvalue weighted by Gasteiger charge is 1.97. The van der Waals surface area contributed by atoms with Gasteiger partial charge in [-0.05, 0) is 17.7 Å². The van der Waals surface area contributed by atoms with Crippen molar-refractivity contribution in [3.8, 4) is 0 Å². The van der Waals surface area contributed by atoms with E-state index in [1.807, 2.05) is 36.2 Å². The molecule has 1 aromatic carbocycles. The van der Waals surface area contributed by atoms with Gasteiger partial charge in [-0.25, -0.2) is 4.98 Å². The van der Waals surface area contributed by atoms with Crippen LogP contribution in [0.4, 0.5) is 0 Å². The molecule has 60 valence electrons. The smallest absolute Gasteiger partial charge is 0.0955 e. The molecule has 2 heteroatoms. The van der Waals surface area contributed by atoms with Gasteiger partial charge in [-0.2, -0.15) is 0 Å². The van der Waals surface area contributed by atoms with E-state index in [0.29, 0.717) is 0 Å². The molecule has 0 aliphatic rings. The summed E-state index contributed by atoms with van der Waals surface area (Å²) in [6.07, 6.45) is 3.66. The Morgan fingerprint density at radius 2 is 2.33 bits per heavy atom. The van der Waals surface area contributed by atoms with E-state index < -0.39 is 0 Å². The van der Waals surface area contributed by atoms with Gasteiger partial charge >= 0.3 is 0 Å². The van der Waals surface area contributed by atoms with Gasteiger partial charge in [0.1, 0.15) is 0 Å². The van der Waals surface area contributed by atoms with Crippen LogP contribution < -0.4 is 0 Å². The molecule has 0 N–H and O–H groups in total. The highest BCUT2D eigenvalue weighted by Crippen LogP contribution is 2.14. The van der Waals surface area contributed by atoms with Crippen molar-refractivity contribution in [3.05, 3.63) is 36.7 Å². The maximum atomic E-state index is 4.22. The number of aromatic nitrogens is 2. The van der Waals surface area contributed by atoms with Crippen molar-refractivity contribution in [2.24, 2.45) is 7.05 Å². The van der Waals surface area contributed by atoms with Crippen molar-refractivity contribution in [1.82, 2.24) is 9.55 Å². The fourth-order valence-corrected chi connectivity index (χ4v) is 1.27. The summed E-state index contributed by atoms with van der Waals surface area (Å²) in [5.74, 6) is 0. The summed E-state index contributed by atoms with van der Waals surface area (Å²) < 4.78 is 2.00. The Morgan fingerprint density at radius 1 is 1.50 bits per heavy atom. The number of nitrogens with zero attached hydrogens (tertiary/aromatic N) is 2. The Hall–Kier alpha value is -1.57. The van der Waals surface area contributed by atoms with Crippen LogP contribution in [0.2, 0.25) is 0 Å². The SMILES string of the molecule is C=Cc1ccc2ncn(C)c2c1. The minimum absolute atomic E-state index is 1.03. The van der Waals surface area contributed by atoms with E-state index in [4.69, 9.17) is 0 Å². The van der Waals surface area contributed by atoms with Crippen LogP contribution in [0.15, 0.2) is 31.1 Å². The lowest BCUT2D eigenvalue weighted by Crippen LogP contribution is -1.83. The summed E-state index contributed by atoms with van der Waals surface area (Å²) in [7, 11) is 1.99. The van der Waals surface area contributed by atoms with Crippen molar-refractivity contribution in [2.75, 3.05) is 0 Å². The van der Waals surface area contributed by atoms with Gasteiger partial charge in [0, 0.05) is 7.05 Å². The average molecular weight is 158 g/mol. The zero-order valence-corrected chi connectivity index (χ0v) is 6.99. The summed E-state index contributed by atoms with van der Waals surface area (Å²) in [5, 5.41) is 0. The molecule has 0 aliphatic heterocycles. The lowest BCUT2D eigenvalue weighted by molar-refractivity contribution is 0.947. The maximum absolute atomic E-state index is 4.22. The van der Waals surface area contributed by atoms with Gasteiger partial charge in [0.15, 0.2) is 0 Å². The zero-order valence-electron chi connectivity index (χ0n) is 6.99. The number of fused-ring (bicyclic) bond motifs is 1. The predicted octanol–water partition coefficient (Wildman–Crippen LogP) is 2.22. The maximum Gasteiger partial charge on any atom is 0.0955 e. The van der Waals surface area contributed by atoms with Crippen LogP contribution in [0.5, 0.6) is 0 Å². The summed E-state index contributed by atoms with van der Waals surface area (Å²) >= 11 is 0. The molecule has 2 nitrogen and oxygen atoms in total. The minimum atomic E-state index is 1.03. The first-order valence-corrected chi connectivity index (χ1v) is 3.85. The van der Waals surface area contributed by atoms with Crippen molar-refractivity contribution in [3.63, 3.8) is 0 Å². The van der Waals surface area contributed by atoms with Gasteiger partial charge in [-0.15, -0.1) is 0 Å². The van der Waals surface area contributed by atoms with Crippen LogP contribution >= 0.6 is 0 Å². The van der Waals surface area contributed by atoms with Crippen LogP contribution in [-0.4, -0.2) is 9.55 Å². The van der Waals surface area contributed by atoms with E-state index in [1.165, 1.54) is 0 Å². The molecule has 0 spiro atoms. The monoisotopic (exact) mass is 158 g/mol. The third-order valence-electron chi connectivity index (χ3n) is 1.99. The fourth-order valence-electron chi connectivity index (χ4n) is 1.27. The van der Waals surface area contributed by atoms with E-state index in [0.717, 1.165) is 16.6 Å². The first-order chi connectivity index (χ1) is 5.81. The van der Waals surface area contributed by atoms with Gasteiger partial charge in [0.05, 0.1) is 17.4 Å². The van der Waals surface area contributed by atoms with Gasteiger partial charge in [0.2, 0.25) is 0 Å². The first-order valence-electron chi connectivity index (χ1n) is 3.85. The molecule has 0 saturated carbocycles. The molecular weight excluding hydrogens is 148 g/mol. The number of benzene rings is 1. The normalized spacial score (nSPS) is 10.4. The fraction of sp³-hybridized carbons (Fsp3) is 0.100. The van der Waals surface area contributed by atoms with E-state index in [1.54, 1.807) is 0 Å². The van der Waals surface area contributed by atoms with Gasteiger partial charge in [0.25, 0.3) is 0 Å². The van der Waals surface area contributed by atoms with Crippen LogP contribution in [0.25, 0.3) is 17.1 Å². The highest BCUT2D eigenvalue weighted by atomic mass is 15.0. The molecule has 0 radical (unpaired) electrons. The molecule has 2 rings (SSSR count). The molecule has 0 bridgehead atoms. The van der Waals surface area contributed by atoms with E-state index in [2.05, 4.69) is 17.6 Å². The number of aryl methyl sites for hydroxylation is 1. The second-order valence-corrected chi connectivity index (χ2v) is 2.81. The molecular formula is C10H10N2. The zero-order chi connectivity index (χ0) is 8.55. The molecule has 0 amide bonds. The third kappa shape index (κ3) is 0.925. The molecule has 0 saturated heterocycles. The lowest BCUT2D eigenvalue weighted by Gasteiger charge is -1.95. The summed E-state index contributed by atoms with van der Waals surface area (Å²) in [6, 6.07) is 6.10. The van der Waals surface area contributed by atoms with Crippen LogP contribution in [0, 0.1) is 0 Å². The number of hydrogen-bond donors (Lipinski definition) is 0. The highest BCUT2D eigenvalue weighted by molar-refractivity contribution is 5.78. The molecule has 1 heterocycles. The van der Waals surface area contributed by atoms with Crippen molar-refractivity contribution in [2.45, 2.75) is 0 Å². The van der Waals surface area contributed by atoms with E-state index in [-0.39, 0.29) is 0 Å². The number of rotatable bonds is 1. The van der Waals surface area contributed by atoms with E-state index >= 15 is 0 Å². The molecule has 0 unspecified atom stereocenters. The van der Waals surface area contributed by atoms with Crippen molar-refractivity contribution >= 4 is 17.1 Å². The van der Waals surface area contributed by atoms with E-state index in [9.17, 15) is 0 Å². The predicted molar refractivity (Wildman–Crippen MR) is 50.8 cm³/mol.